The third-order valence-corrected chi connectivity index (χ3v) is 4.15. The monoisotopic (exact) mass is 369 g/mol. The lowest BCUT2D eigenvalue weighted by molar-refractivity contribution is -0.184. The van der Waals surface area contributed by atoms with Crippen LogP contribution < -0.4 is 0 Å². The summed E-state index contributed by atoms with van der Waals surface area (Å²) in [6, 6.07) is 4.75. The van der Waals surface area contributed by atoms with E-state index in [0.717, 1.165) is 0 Å². The molecule has 0 spiro atoms. The molecule has 1 aliphatic rings. The zero-order valence-corrected chi connectivity index (χ0v) is 12.7. The number of rotatable bonds is 1. The molecule has 1 fully saturated rings. The molecule has 0 N–H and O–H groups in total. The Bertz CT molecular complexity index is 521. The maximum absolute atomic E-state index is 12.8. The number of piperidine rings is 1. The van der Waals surface area contributed by atoms with Gasteiger partial charge in [0, 0.05) is 17.6 Å². The van der Waals surface area contributed by atoms with Crippen molar-refractivity contribution in [1.82, 2.24) is 4.90 Å². The summed E-state index contributed by atoms with van der Waals surface area (Å²) in [6.07, 6.45) is -3.85. The largest absolute Gasteiger partial charge is 0.393 e. The second-order valence-electron chi connectivity index (χ2n) is 4.76. The lowest BCUT2D eigenvalue weighted by Gasteiger charge is -2.34. The standard InChI is InChI=1S/C13H12BrClF3NO/c14-9-3-4-11(15)10(6-9)12(20)19-5-1-2-8(7-19)13(16,17)18/h3-4,6,8H,1-2,5,7H2. The Morgan fingerprint density at radius 2 is 2.10 bits per heavy atom. The fourth-order valence-corrected chi connectivity index (χ4v) is 2.82. The van der Waals surface area contributed by atoms with Crippen LogP contribution in [-0.2, 0) is 0 Å². The van der Waals surface area contributed by atoms with Crippen LogP contribution in [0, 0.1) is 5.92 Å². The first-order valence-corrected chi connectivity index (χ1v) is 7.27. The quantitative estimate of drug-likeness (QED) is 0.712. The smallest absolute Gasteiger partial charge is 0.338 e. The number of carbonyl (C=O) groups is 1. The second-order valence-corrected chi connectivity index (χ2v) is 6.08. The summed E-state index contributed by atoms with van der Waals surface area (Å²) in [5.41, 5.74) is 0.226. The van der Waals surface area contributed by atoms with Crippen molar-refractivity contribution in [3.8, 4) is 0 Å². The Hall–Kier alpha value is -0.750. The first kappa shape index (κ1) is 15.6. The summed E-state index contributed by atoms with van der Waals surface area (Å²) in [6.45, 7) is 0.0272. The molecule has 2 rings (SSSR count). The minimum absolute atomic E-state index is 0.0689. The van der Waals surface area contributed by atoms with Gasteiger partial charge in [-0.15, -0.1) is 0 Å². The number of carbonyl (C=O) groups excluding carboxylic acids is 1. The highest BCUT2D eigenvalue weighted by molar-refractivity contribution is 9.10. The van der Waals surface area contributed by atoms with E-state index in [-0.39, 0.29) is 23.6 Å². The van der Waals surface area contributed by atoms with E-state index in [9.17, 15) is 18.0 Å². The lowest BCUT2D eigenvalue weighted by Crippen LogP contribution is -2.44. The van der Waals surface area contributed by atoms with E-state index in [2.05, 4.69) is 15.9 Å². The van der Waals surface area contributed by atoms with Crippen LogP contribution in [0.15, 0.2) is 22.7 Å². The summed E-state index contributed by atoms with van der Waals surface area (Å²) in [5, 5.41) is 0.243. The third-order valence-electron chi connectivity index (χ3n) is 3.33. The average Bonchev–Trinajstić information content (AvgIpc) is 2.40. The summed E-state index contributed by atoms with van der Waals surface area (Å²) in [7, 11) is 0. The molecule has 1 saturated heterocycles. The van der Waals surface area contributed by atoms with E-state index in [4.69, 9.17) is 11.6 Å². The Kier molecular flexibility index (Phi) is 4.64. The average molecular weight is 371 g/mol. The highest BCUT2D eigenvalue weighted by Gasteiger charge is 2.42. The van der Waals surface area contributed by atoms with Crippen molar-refractivity contribution in [3.63, 3.8) is 0 Å². The number of amides is 1. The normalized spacial score (nSPS) is 20.1. The molecule has 110 valence electrons. The van der Waals surface area contributed by atoms with Crippen LogP contribution >= 0.6 is 27.5 Å². The number of benzene rings is 1. The molecular formula is C13H12BrClF3NO. The van der Waals surface area contributed by atoms with Crippen LogP contribution in [0.25, 0.3) is 0 Å². The van der Waals surface area contributed by atoms with Crippen LogP contribution in [0.1, 0.15) is 23.2 Å². The summed E-state index contributed by atoms with van der Waals surface area (Å²) in [5.74, 6) is -1.91. The summed E-state index contributed by atoms with van der Waals surface area (Å²) in [4.78, 5) is 13.5. The molecule has 1 aromatic rings. The molecule has 1 aliphatic heterocycles. The van der Waals surface area contributed by atoms with Gasteiger partial charge in [-0.25, -0.2) is 0 Å². The van der Waals surface area contributed by atoms with Gasteiger partial charge >= 0.3 is 6.18 Å². The van der Waals surface area contributed by atoms with Crippen molar-refractivity contribution in [1.29, 1.82) is 0 Å². The van der Waals surface area contributed by atoms with Crippen molar-refractivity contribution in [3.05, 3.63) is 33.3 Å². The van der Waals surface area contributed by atoms with Gasteiger partial charge in [-0.1, -0.05) is 27.5 Å². The zero-order valence-electron chi connectivity index (χ0n) is 10.4. The third kappa shape index (κ3) is 3.47. The highest BCUT2D eigenvalue weighted by Crippen LogP contribution is 2.34. The van der Waals surface area contributed by atoms with Gasteiger partial charge in [0.1, 0.15) is 0 Å². The lowest BCUT2D eigenvalue weighted by atomic mass is 9.97. The number of alkyl halides is 3. The van der Waals surface area contributed by atoms with Gasteiger partial charge in [0.15, 0.2) is 0 Å². The predicted octanol–water partition coefficient (Wildman–Crippen LogP) is 4.52. The SMILES string of the molecule is O=C(c1cc(Br)ccc1Cl)N1CCCC(C(F)(F)F)C1. The fourth-order valence-electron chi connectivity index (χ4n) is 2.26. The van der Waals surface area contributed by atoms with Crippen molar-refractivity contribution >= 4 is 33.4 Å². The molecule has 0 aliphatic carbocycles. The molecule has 1 heterocycles. The number of nitrogens with zero attached hydrogens (tertiary/aromatic N) is 1. The van der Waals surface area contributed by atoms with Gasteiger partial charge < -0.3 is 4.90 Å². The molecule has 7 heteroatoms. The second kappa shape index (κ2) is 5.93. The molecule has 1 atom stereocenters. The van der Waals surface area contributed by atoms with Crippen molar-refractivity contribution in [2.75, 3.05) is 13.1 Å². The highest BCUT2D eigenvalue weighted by atomic mass is 79.9. The molecule has 1 unspecified atom stereocenters. The van der Waals surface area contributed by atoms with Gasteiger partial charge in [0.2, 0.25) is 0 Å². The van der Waals surface area contributed by atoms with Crippen LogP contribution in [0.5, 0.6) is 0 Å². The fraction of sp³-hybridized carbons (Fsp3) is 0.462. The van der Waals surface area contributed by atoms with E-state index in [1.807, 2.05) is 0 Å². The van der Waals surface area contributed by atoms with E-state index in [1.54, 1.807) is 12.1 Å². The molecule has 20 heavy (non-hydrogen) atoms. The molecule has 0 bridgehead atoms. The number of hydrogen-bond donors (Lipinski definition) is 0. The van der Waals surface area contributed by atoms with Crippen molar-refractivity contribution in [2.45, 2.75) is 19.0 Å². The summed E-state index contributed by atoms with van der Waals surface area (Å²) < 4.78 is 38.9. The number of hydrogen-bond acceptors (Lipinski definition) is 1. The number of halogens is 5. The van der Waals surface area contributed by atoms with Crippen molar-refractivity contribution < 1.29 is 18.0 Å². The van der Waals surface area contributed by atoms with E-state index < -0.39 is 18.0 Å². The summed E-state index contributed by atoms with van der Waals surface area (Å²) >= 11 is 9.17. The van der Waals surface area contributed by atoms with Crippen LogP contribution in [-0.4, -0.2) is 30.1 Å². The Morgan fingerprint density at radius 1 is 1.40 bits per heavy atom. The Labute approximate surface area is 128 Å². The van der Waals surface area contributed by atoms with Crippen LogP contribution in [0.4, 0.5) is 13.2 Å². The van der Waals surface area contributed by atoms with Crippen LogP contribution in [0.3, 0.4) is 0 Å². The molecular weight excluding hydrogens is 359 g/mol. The topological polar surface area (TPSA) is 20.3 Å². The van der Waals surface area contributed by atoms with E-state index in [1.165, 1.54) is 11.0 Å². The minimum atomic E-state index is -4.26. The maximum Gasteiger partial charge on any atom is 0.393 e. The van der Waals surface area contributed by atoms with Gasteiger partial charge in [0.05, 0.1) is 16.5 Å². The van der Waals surface area contributed by atoms with E-state index >= 15 is 0 Å². The zero-order chi connectivity index (χ0) is 14.9. The molecule has 1 aromatic carbocycles. The molecule has 1 amide bonds. The van der Waals surface area contributed by atoms with Gasteiger partial charge in [-0.2, -0.15) is 13.2 Å². The molecule has 0 radical (unpaired) electrons. The van der Waals surface area contributed by atoms with Gasteiger partial charge in [-0.05, 0) is 31.0 Å². The van der Waals surface area contributed by atoms with Gasteiger partial charge in [0.25, 0.3) is 5.91 Å². The molecule has 2 nitrogen and oxygen atoms in total. The van der Waals surface area contributed by atoms with Crippen LogP contribution in [0.2, 0.25) is 5.02 Å². The molecule has 0 aromatic heterocycles. The number of likely N-dealkylation sites (tertiary alicyclic amines) is 1. The molecule has 0 saturated carbocycles. The van der Waals surface area contributed by atoms with Crippen molar-refractivity contribution in [2.24, 2.45) is 5.92 Å². The minimum Gasteiger partial charge on any atom is -0.338 e. The Balaban J connectivity index is 2.18. The predicted molar refractivity (Wildman–Crippen MR) is 73.8 cm³/mol. The maximum atomic E-state index is 12.8. The first-order valence-electron chi connectivity index (χ1n) is 6.10. The van der Waals surface area contributed by atoms with E-state index in [0.29, 0.717) is 17.4 Å². The Morgan fingerprint density at radius 3 is 2.75 bits per heavy atom. The van der Waals surface area contributed by atoms with Gasteiger partial charge in [-0.3, -0.25) is 4.79 Å². The first-order chi connectivity index (χ1) is 9.29.